The van der Waals surface area contributed by atoms with E-state index in [1.807, 2.05) is 6.92 Å². The lowest BCUT2D eigenvalue weighted by Gasteiger charge is -2.02. The van der Waals surface area contributed by atoms with Gasteiger partial charge in [0.15, 0.2) is 4.34 Å². The van der Waals surface area contributed by atoms with Crippen LogP contribution in [0, 0.1) is 0 Å². The molecule has 0 saturated heterocycles. The van der Waals surface area contributed by atoms with E-state index >= 15 is 0 Å². The predicted molar refractivity (Wildman–Crippen MR) is 75.3 cm³/mol. The lowest BCUT2D eigenvalue weighted by molar-refractivity contribution is -0.117. The Morgan fingerprint density at radius 3 is 2.94 bits per heavy atom. The number of amides is 1. The summed E-state index contributed by atoms with van der Waals surface area (Å²) in [5.74, 6) is -0.0836. The van der Waals surface area contributed by atoms with Gasteiger partial charge < -0.3 is 10.1 Å². The summed E-state index contributed by atoms with van der Waals surface area (Å²) in [5, 5.41) is 11.8. The molecule has 1 N–H and O–H groups in total. The van der Waals surface area contributed by atoms with Crippen molar-refractivity contribution in [3.05, 3.63) is 0 Å². The van der Waals surface area contributed by atoms with Crippen molar-refractivity contribution < 1.29 is 9.53 Å². The number of thioether (sulfide) groups is 1. The molecule has 1 aromatic heterocycles. The zero-order valence-corrected chi connectivity index (χ0v) is 12.6. The molecular formula is C11H19N3O2S2. The Bertz CT molecular complexity index is 371. The van der Waals surface area contributed by atoms with Crippen molar-refractivity contribution in [2.24, 2.45) is 0 Å². The van der Waals surface area contributed by atoms with Gasteiger partial charge in [-0.15, -0.1) is 10.2 Å². The van der Waals surface area contributed by atoms with E-state index in [2.05, 4.69) is 29.4 Å². The van der Waals surface area contributed by atoms with Crippen molar-refractivity contribution in [2.75, 3.05) is 18.5 Å². The highest BCUT2D eigenvalue weighted by atomic mass is 32.2. The molecule has 0 aliphatic carbocycles. The van der Waals surface area contributed by atoms with Crippen molar-refractivity contribution in [1.29, 1.82) is 0 Å². The second-order valence-corrected chi connectivity index (χ2v) is 6.37. The minimum atomic E-state index is -0.0836. The SMILES string of the molecule is CCOCCC(=O)Nc1nnc(S[C@H](C)CC)s1. The molecule has 0 unspecified atom stereocenters. The van der Waals surface area contributed by atoms with E-state index < -0.39 is 0 Å². The van der Waals surface area contributed by atoms with Gasteiger partial charge >= 0.3 is 0 Å². The summed E-state index contributed by atoms with van der Waals surface area (Å²) in [6.45, 7) is 7.25. The average molecular weight is 289 g/mol. The van der Waals surface area contributed by atoms with Gasteiger partial charge in [-0.25, -0.2) is 0 Å². The summed E-state index contributed by atoms with van der Waals surface area (Å²) in [6, 6.07) is 0. The maximum absolute atomic E-state index is 11.5. The third-order valence-corrected chi connectivity index (χ3v) is 4.40. The molecule has 1 rings (SSSR count). The number of hydrogen-bond donors (Lipinski definition) is 1. The number of anilines is 1. The van der Waals surface area contributed by atoms with Crippen LogP contribution < -0.4 is 5.32 Å². The van der Waals surface area contributed by atoms with E-state index in [0.717, 1.165) is 10.8 Å². The Morgan fingerprint density at radius 2 is 2.28 bits per heavy atom. The van der Waals surface area contributed by atoms with E-state index in [9.17, 15) is 4.79 Å². The molecule has 0 aromatic carbocycles. The average Bonchev–Trinajstić information content (AvgIpc) is 2.76. The van der Waals surface area contributed by atoms with Crippen LogP contribution in [0.15, 0.2) is 4.34 Å². The topological polar surface area (TPSA) is 64.1 Å². The maximum Gasteiger partial charge on any atom is 0.228 e. The fraction of sp³-hybridized carbons (Fsp3) is 0.727. The first-order chi connectivity index (χ1) is 8.65. The van der Waals surface area contributed by atoms with Crippen LogP contribution in [0.25, 0.3) is 0 Å². The van der Waals surface area contributed by atoms with E-state index in [-0.39, 0.29) is 5.91 Å². The minimum absolute atomic E-state index is 0.0836. The number of nitrogens with one attached hydrogen (secondary N) is 1. The molecule has 0 saturated carbocycles. The highest BCUT2D eigenvalue weighted by molar-refractivity contribution is 8.01. The summed E-state index contributed by atoms with van der Waals surface area (Å²) in [7, 11) is 0. The van der Waals surface area contributed by atoms with Crippen molar-refractivity contribution in [3.8, 4) is 0 Å². The first-order valence-electron chi connectivity index (χ1n) is 6.03. The van der Waals surface area contributed by atoms with E-state index in [0.29, 0.717) is 30.0 Å². The standard InChI is InChI=1S/C11H19N3O2S2/c1-4-8(3)17-11-14-13-10(18-11)12-9(15)6-7-16-5-2/h8H,4-7H2,1-3H3,(H,12,13,15)/t8-/m1/s1. The number of carbonyl (C=O) groups excluding carboxylic acids is 1. The Balaban J connectivity index is 2.36. The summed E-state index contributed by atoms with van der Waals surface area (Å²) in [6.07, 6.45) is 1.43. The Morgan fingerprint density at radius 1 is 1.50 bits per heavy atom. The first kappa shape index (κ1) is 15.4. The number of nitrogens with zero attached hydrogens (tertiary/aromatic N) is 2. The maximum atomic E-state index is 11.5. The van der Waals surface area contributed by atoms with Crippen molar-refractivity contribution in [3.63, 3.8) is 0 Å². The van der Waals surface area contributed by atoms with Crippen LogP contribution in [0.3, 0.4) is 0 Å². The van der Waals surface area contributed by atoms with Crippen LogP contribution in [0.5, 0.6) is 0 Å². The summed E-state index contributed by atoms with van der Waals surface area (Å²) < 4.78 is 6.01. The molecule has 0 radical (unpaired) electrons. The van der Waals surface area contributed by atoms with Gasteiger partial charge in [-0.05, 0) is 13.3 Å². The van der Waals surface area contributed by atoms with Crippen LogP contribution >= 0.6 is 23.1 Å². The molecule has 0 bridgehead atoms. The van der Waals surface area contributed by atoms with Gasteiger partial charge in [-0.3, -0.25) is 4.79 Å². The Kier molecular flexibility index (Phi) is 7.22. The van der Waals surface area contributed by atoms with Gasteiger partial charge in [-0.1, -0.05) is 36.9 Å². The number of carbonyl (C=O) groups is 1. The fourth-order valence-electron chi connectivity index (χ4n) is 1.05. The normalized spacial score (nSPS) is 12.4. The lowest BCUT2D eigenvalue weighted by Crippen LogP contribution is -2.13. The van der Waals surface area contributed by atoms with Crippen LogP contribution in [0.1, 0.15) is 33.6 Å². The summed E-state index contributed by atoms with van der Waals surface area (Å²) >= 11 is 3.09. The minimum Gasteiger partial charge on any atom is -0.381 e. The number of aromatic nitrogens is 2. The van der Waals surface area contributed by atoms with E-state index in [4.69, 9.17) is 4.74 Å². The monoisotopic (exact) mass is 289 g/mol. The van der Waals surface area contributed by atoms with Crippen molar-refractivity contribution in [2.45, 2.75) is 43.2 Å². The fourth-order valence-corrected chi connectivity index (χ4v) is 3.07. The van der Waals surface area contributed by atoms with Crippen LogP contribution in [0.2, 0.25) is 0 Å². The number of ether oxygens (including phenoxy) is 1. The highest BCUT2D eigenvalue weighted by Gasteiger charge is 2.10. The van der Waals surface area contributed by atoms with Crippen LogP contribution in [0.4, 0.5) is 5.13 Å². The van der Waals surface area contributed by atoms with Crippen molar-refractivity contribution >= 4 is 34.1 Å². The first-order valence-corrected chi connectivity index (χ1v) is 7.73. The lowest BCUT2D eigenvalue weighted by atomic mass is 10.4. The Hall–Kier alpha value is -0.660. The van der Waals surface area contributed by atoms with Gasteiger partial charge in [0.1, 0.15) is 0 Å². The molecule has 7 heteroatoms. The zero-order valence-electron chi connectivity index (χ0n) is 10.9. The largest absolute Gasteiger partial charge is 0.381 e. The smallest absolute Gasteiger partial charge is 0.228 e. The zero-order chi connectivity index (χ0) is 13.4. The molecule has 1 amide bonds. The third-order valence-electron chi connectivity index (χ3n) is 2.21. The van der Waals surface area contributed by atoms with Gasteiger partial charge in [0.05, 0.1) is 13.0 Å². The number of rotatable bonds is 8. The Labute approximate surface area is 116 Å². The van der Waals surface area contributed by atoms with Crippen molar-refractivity contribution in [1.82, 2.24) is 10.2 Å². The van der Waals surface area contributed by atoms with Crippen LogP contribution in [-0.4, -0.2) is 34.6 Å². The molecule has 0 spiro atoms. The molecule has 102 valence electrons. The second-order valence-electron chi connectivity index (χ2n) is 3.70. The molecule has 0 aliphatic heterocycles. The molecule has 1 heterocycles. The van der Waals surface area contributed by atoms with Gasteiger partial charge in [0, 0.05) is 11.9 Å². The second kappa shape index (κ2) is 8.44. The summed E-state index contributed by atoms with van der Waals surface area (Å²) in [4.78, 5) is 11.5. The van der Waals surface area contributed by atoms with Gasteiger partial charge in [0.2, 0.25) is 11.0 Å². The molecule has 18 heavy (non-hydrogen) atoms. The van der Waals surface area contributed by atoms with Crippen LogP contribution in [-0.2, 0) is 9.53 Å². The highest BCUT2D eigenvalue weighted by Crippen LogP contribution is 2.29. The van der Waals surface area contributed by atoms with E-state index in [1.165, 1.54) is 11.3 Å². The molecule has 0 aliphatic rings. The molecule has 1 aromatic rings. The molecule has 0 fully saturated rings. The predicted octanol–water partition coefficient (Wildman–Crippen LogP) is 2.79. The van der Waals surface area contributed by atoms with E-state index in [1.54, 1.807) is 11.8 Å². The molecule has 5 nitrogen and oxygen atoms in total. The quantitative estimate of drug-likeness (QED) is 0.453. The number of hydrogen-bond acceptors (Lipinski definition) is 6. The third kappa shape index (κ3) is 5.79. The molecular weight excluding hydrogens is 270 g/mol. The molecule has 1 atom stereocenters. The van der Waals surface area contributed by atoms with Gasteiger partial charge in [-0.2, -0.15) is 0 Å². The van der Waals surface area contributed by atoms with Gasteiger partial charge in [0.25, 0.3) is 0 Å². The summed E-state index contributed by atoms with van der Waals surface area (Å²) in [5.41, 5.74) is 0.